The number of benzene rings is 9. The average molecular weight is 1890 g/mol. The van der Waals surface area contributed by atoms with Crippen LogP contribution in [-0.4, -0.2) is 139 Å². The molecule has 8 N–H and O–H groups in total. The molecule has 0 spiro atoms. The second-order valence-electron chi connectivity index (χ2n) is 27.5. The molecule has 24 nitrogen and oxygen atoms in total. The van der Waals surface area contributed by atoms with E-state index in [4.69, 9.17) is 81.2 Å². The van der Waals surface area contributed by atoms with Crippen LogP contribution in [0.1, 0.15) is 73.9 Å². The number of rotatable bonds is 25. The molecule has 4 atom stereocenters. The maximum Gasteiger partial charge on any atom is 0.257 e. The number of carbonyl (C=O) groups excluding carboxylic acids is 4. The molecular formula is C89H75Cl7N8O16S4. The Labute approximate surface area is 750 Å². The Hall–Kier alpha value is -10.9. The molecule has 0 saturated carbocycles. The minimum Gasteiger partial charge on any atom is -0.392 e. The highest BCUT2D eigenvalue weighted by Gasteiger charge is 2.27. The zero-order valence-electron chi connectivity index (χ0n) is 65.5. The van der Waals surface area contributed by atoms with Crippen LogP contribution in [0.5, 0.6) is 0 Å². The molecular weight excluding hydrogens is 1810 g/mol. The van der Waals surface area contributed by atoms with Crippen molar-refractivity contribution in [2.75, 3.05) is 44.3 Å². The molecule has 4 aromatic heterocycles. The van der Waals surface area contributed by atoms with E-state index in [1.54, 1.807) is 170 Å². The number of nitrogens with one attached hydrogen (secondary N) is 4. The van der Waals surface area contributed by atoms with E-state index in [1.807, 2.05) is 30.3 Å². The van der Waals surface area contributed by atoms with Gasteiger partial charge in [0.15, 0.2) is 39.3 Å². The second kappa shape index (κ2) is 43.2. The Balaban J connectivity index is 0.000000173. The van der Waals surface area contributed by atoms with E-state index in [1.165, 1.54) is 99.6 Å². The second-order valence-corrected chi connectivity index (χ2v) is 38.5. The number of aromatic nitrogens is 4. The van der Waals surface area contributed by atoms with Crippen molar-refractivity contribution >= 4 is 167 Å². The molecule has 0 bridgehead atoms. The summed E-state index contributed by atoms with van der Waals surface area (Å²) in [5.74, 6) is -3.68. The molecule has 13 rings (SSSR count). The number of aliphatic hydroxyl groups excluding tert-OH is 4. The molecule has 13 aromatic rings. The Kier molecular flexibility index (Phi) is 33.2. The van der Waals surface area contributed by atoms with Gasteiger partial charge >= 0.3 is 0 Å². The van der Waals surface area contributed by atoms with Crippen LogP contribution in [0.2, 0.25) is 35.2 Å². The predicted molar refractivity (Wildman–Crippen MR) is 486 cm³/mol. The molecule has 0 fully saturated rings. The average Bonchev–Trinajstić information content (AvgIpc) is 0.826. The highest BCUT2D eigenvalue weighted by atomic mass is 35.5. The zero-order valence-corrected chi connectivity index (χ0v) is 74.0. The lowest BCUT2D eigenvalue weighted by Gasteiger charge is -2.13. The molecule has 4 amide bonds. The van der Waals surface area contributed by atoms with Crippen LogP contribution < -0.4 is 21.3 Å². The largest absolute Gasteiger partial charge is 0.392 e. The van der Waals surface area contributed by atoms with Gasteiger partial charge in [0.25, 0.3) is 23.6 Å². The van der Waals surface area contributed by atoms with Crippen LogP contribution in [0, 0.1) is 0 Å². The van der Waals surface area contributed by atoms with Crippen LogP contribution in [0.3, 0.4) is 0 Å². The van der Waals surface area contributed by atoms with Gasteiger partial charge in [-0.15, -0.1) is 0 Å². The van der Waals surface area contributed by atoms with Crippen molar-refractivity contribution in [3.05, 3.63) is 343 Å². The smallest absolute Gasteiger partial charge is 0.257 e. The first-order valence-corrected chi connectivity index (χ1v) is 46.4. The fourth-order valence-electron chi connectivity index (χ4n) is 11.8. The standard InChI is InChI=1S/C26H20Cl2N2O4S.2C21H18Cl2N2O4S.C21H19ClN2O4S/c27-22-12-9-18(14-21(22)24-8-4-5-13-29-24)30-26(32)20-11-10-19(15-23(20)28)35(33,34)16-25(31)17-6-2-1-3-7-17;2*1-13(26)12-30(28,29)15-6-7-16(19(23)11-15)21(27)25-14-5-8-18(22)17(10-14)20-4-2-3-9-24-20;1-14(25)13-29(27,28)17-8-5-15(6-9-17)21(26)24-16-7-10-19(22)18(12-16)20-4-2-3-11-23-20/h1-15,25,31H,16H2,(H,30,32);2*2-11,13,26H,12H2,1H3,(H,25,27);2-12,14,25H,13H2,1H3,(H,24,26)/t25-;2*13-;14-/m1101/s1. The Bertz CT molecular complexity index is 6320. The molecule has 0 aliphatic rings. The van der Waals surface area contributed by atoms with Crippen molar-refractivity contribution in [3.8, 4) is 45.0 Å². The van der Waals surface area contributed by atoms with Gasteiger partial charge < -0.3 is 41.7 Å². The highest BCUT2D eigenvalue weighted by Crippen LogP contribution is 2.36. The Morgan fingerprint density at radius 1 is 0.290 bits per heavy atom. The lowest BCUT2D eigenvalue weighted by Crippen LogP contribution is -2.18. The quantitative estimate of drug-likeness (QED) is 0.0263. The van der Waals surface area contributed by atoms with E-state index in [-0.39, 0.29) is 57.1 Å². The van der Waals surface area contributed by atoms with E-state index >= 15 is 0 Å². The van der Waals surface area contributed by atoms with Gasteiger partial charge in [0.2, 0.25) is 0 Å². The summed E-state index contributed by atoms with van der Waals surface area (Å²) in [7, 11) is -14.9. The van der Waals surface area contributed by atoms with Gasteiger partial charge in [0.05, 0.1) is 142 Å². The molecule has 35 heteroatoms. The summed E-state index contributed by atoms with van der Waals surface area (Å²) in [5, 5.41) is 51.2. The van der Waals surface area contributed by atoms with Crippen molar-refractivity contribution in [1.82, 2.24) is 19.9 Å². The highest BCUT2D eigenvalue weighted by molar-refractivity contribution is 7.92. The summed E-state index contributed by atoms with van der Waals surface area (Å²) < 4.78 is 98.8. The summed E-state index contributed by atoms with van der Waals surface area (Å²) in [6, 6.07) is 67.3. The molecule has 4 heterocycles. The number of halogens is 7. The minimum atomic E-state index is -3.86. The maximum atomic E-state index is 12.9. The van der Waals surface area contributed by atoms with Crippen molar-refractivity contribution < 1.29 is 73.3 Å². The van der Waals surface area contributed by atoms with Crippen molar-refractivity contribution in [1.29, 1.82) is 0 Å². The summed E-state index contributed by atoms with van der Waals surface area (Å²) >= 11 is 43.7. The normalized spacial score (nSPS) is 12.3. The van der Waals surface area contributed by atoms with Crippen molar-refractivity contribution in [3.63, 3.8) is 0 Å². The lowest BCUT2D eigenvalue weighted by atomic mass is 10.1. The SMILES string of the molecule is C[C@@H](O)CS(=O)(=O)c1ccc(C(=O)Nc2ccc(Cl)c(-c3ccccn3)c2)c(Cl)c1.C[C@@H](O)CS(=O)(=O)c1ccc(C(=O)Nc2ccc(Cl)c(-c3ccccn3)c2)cc1.C[C@H](O)CS(=O)(=O)c1ccc(C(=O)Nc2ccc(Cl)c(-c3ccccn3)c2)c(Cl)c1.O=C(Nc1ccc(Cl)c(-c2ccccn2)c1)c1ccc(S(=O)(=O)C[C@@H](O)c2ccccc2)cc1Cl. The van der Waals surface area contributed by atoms with Crippen LogP contribution in [0.25, 0.3) is 45.0 Å². The van der Waals surface area contributed by atoms with Gasteiger partial charge in [0, 0.05) is 75.4 Å². The zero-order chi connectivity index (χ0) is 89.8. The van der Waals surface area contributed by atoms with E-state index in [0.29, 0.717) is 99.0 Å². The number of aliphatic hydroxyl groups is 4. The third kappa shape index (κ3) is 26.4. The molecule has 124 heavy (non-hydrogen) atoms. The van der Waals surface area contributed by atoms with Gasteiger partial charge in [-0.3, -0.25) is 39.1 Å². The number of hydrogen-bond acceptors (Lipinski definition) is 20. The van der Waals surface area contributed by atoms with Gasteiger partial charge in [-0.05, 0) is 227 Å². The van der Waals surface area contributed by atoms with Crippen LogP contribution >= 0.6 is 81.2 Å². The molecule has 0 unspecified atom stereocenters. The first kappa shape index (κ1) is 95.4. The molecule has 640 valence electrons. The number of hydrogen-bond donors (Lipinski definition) is 8. The molecule has 9 aromatic carbocycles. The van der Waals surface area contributed by atoms with E-state index in [9.17, 15) is 73.3 Å². The topological polar surface area (TPSA) is 385 Å². The third-order valence-electron chi connectivity index (χ3n) is 17.7. The number of nitrogens with zero attached hydrogens (tertiary/aromatic N) is 4. The van der Waals surface area contributed by atoms with Gasteiger partial charge in [0.1, 0.15) is 0 Å². The Morgan fingerprint density at radius 3 is 0.815 bits per heavy atom. The molecule has 0 saturated heterocycles. The fourth-order valence-corrected chi connectivity index (χ4v) is 19.2. The van der Waals surface area contributed by atoms with Crippen LogP contribution in [0.4, 0.5) is 22.7 Å². The van der Waals surface area contributed by atoms with Crippen molar-refractivity contribution in [2.24, 2.45) is 0 Å². The summed E-state index contributed by atoms with van der Waals surface area (Å²) in [6.45, 7) is 4.17. The number of anilines is 4. The van der Waals surface area contributed by atoms with Crippen LogP contribution in [-0.2, 0) is 39.3 Å². The Morgan fingerprint density at radius 2 is 0.548 bits per heavy atom. The minimum absolute atomic E-state index is 0.0157. The van der Waals surface area contributed by atoms with E-state index in [0.717, 1.165) is 0 Å². The van der Waals surface area contributed by atoms with Gasteiger partial charge in [-0.2, -0.15) is 0 Å². The number of carbonyl (C=O) groups is 4. The number of pyridine rings is 4. The first-order valence-electron chi connectivity index (χ1n) is 37.1. The summed E-state index contributed by atoms with van der Waals surface area (Å²) in [6.07, 6.45) is 2.38. The number of amides is 4. The first-order chi connectivity index (χ1) is 58.8. The van der Waals surface area contributed by atoms with E-state index < -0.39 is 105 Å². The summed E-state index contributed by atoms with van der Waals surface area (Å²) in [4.78, 5) is 67.7. The summed E-state index contributed by atoms with van der Waals surface area (Å²) in [5.41, 5.74) is 8.37. The predicted octanol–water partition coefficient (Wildman–Crippen LogP) is 18.5. The van der Waals surface area contributed by atoms with Crippen molar-refractivity contribution in [2.45, 2.75) is 64.8 Å². The van der Waals surface area contributed by atoms with Crippen LogP contribution in [0.15, 0.2) is 299 Å². The van der Waals surface area contributed by atoms with Gasteiger partial charge in [-0.1, -0.05) is 136 Å². The monoisotopic (exact) mass is 1880 g/mol. The molecule has 0 radical (unpaired) electrons. The third-order valence-corrected chi connectivity index (χ3v) is 27.4. The van der Waals surface area contributed by atoms with E-state index in [2.05, 4.69) is 41.2 Å². The maximum absolute atomic E-state index is 12.9. The fraction of sp³-hybridized carbons (Fsp3) is 0.124. The number of sulfone groups is 4. The van der Waals surface area contributed by atoms with Gasteiger partial charge in [-0.25, -0.2) is 33.7 Å². The lowest BCUT2D eigenvalue weighted by molar-refractivity contribution is 0.101. The molecule has 0 aliphatic carbocycles. The molecule has 0 aliphatic heterocycles.